The van der Waals surface area contributed by atoms with Crippen molar-refractivity contribution in [2.24, 2.45) is 5.73 Å². The zero-order valence-electron chi connectivity index (χ0n) is 15.1. The molecule has 0 spiro atoms. The van der Waals surface area contributed by atoms with E-state index in [0.29, 0.717) is 22.2 Å². The number of amides is 2. The van der Waals surface area contributed by atoms with Gasteiger partial charge in [-0.2, -0.15) is 5.10 Å². The molecule has 1 aromatic carbocycles. The van der Waals surface area contributed by atoms with Gasteiger partial charge < -0.3 is 11.1 Å². The molecule has 0 saturated carbocycles. The second-order valence-electron chi connectivity index (χ2n) is 6.21. The van der Waals surface area contributed by atoms with Gasteiger partial charge in [0.1, 0.15) is 5.69 Å². The van der Waals surface area contributed by atoms with E-state index >= 15 is 0 Å². The number of hydrogen-bond acceptors (Lipinski definition) is 4. The van der Waals surface area contributed by atoms with Crippen LogP contribution in [0.2, 0.25) is 5.02 Å². The molecule has 138 valence electrons. The van der Waals surface area contributed by atoms with Crippen LogP contribution in [0.3, 0.4) is 0 Å². The molecule has 3 aromatic rings. The third kappa shape index (κ3) is 3.68. The summed E-state index contributed by atoms with van der Waals surface area (Å²) in [6, 6.07) is 8.48. The molecule has 0 aliphatic heterocycles. The third-order valence-corrected chi connectivity index (χ3v) is 4.28. The molecule has 8 heteroatoms. The number of nitrogens with two attached hydrogens (primary N) is 1. The molecule has 3 N–H and O–H groups in total. The summed E-state index contributed by atoms with van der Waals surface area (Å²) in [6.07, 6.45) is 1.56. The van der Waals surface area contributed by atoms with E-state index in [9.17, 15) is 9.59 Å². The van der Waals surface area contributed by atoms with Crippen molar-refractivity contribution in [3.8, 4) is 5.82 Å². The van der Waals surface area contributed by atoms with Crippen LogP contribution in [-0.2, 0) is 0 Å². The zero-order chi connectivity index (χ0) is 19.7. The van der Waals surface area contributed by atoms with Crippen LogP contribution in [0.25, 0.3) is 5.82 Å². The largest absolute Gasteiger partial charge is 0.366 e. The highest BCUT2D eigenvalue weighted by Gasteiger charge is 2.21. The Labute approximate surface area is 161 Å². The van der Waals surface area contributed by atoms with E-state index in [4.69, 9.17) is 17.3 Å². The van der Waals surface area contributed by atoms with Gasteiger partial charge in [0.15, 0.2) is 5.82 Å². The summed E-state index contributed by atoms with van der Waals surface area (Å²) >= 11 is 6.20. The van der Waals surface area contributed by atoms with Crippen molar-refractivity contribution in [3.05, 3.63) is 69.6 Å². The van der Waals surface area contributed by atoms with E-state index in [2.05, 4.69) is 15.4 Å². The second-order valence-corrected chi connectivity index (χ2v) is 6.62. The average Bonchev–Trinajstić information content (AvgIpc) is 2.99. The average molecular weight is 384 g/mol. The molecule has 2 amide bonds. The van der Waals surface area contributed by atoms with Crippen molar-refractivity contribution in [1.29, 1.82) is 0 Å². The lowest BCUT2D eigenvalue weighted by molar-refractivity contribution is 0.100. The number of nitrogens with one attached hydrogen (secondary N) is 1. The Bertz CT molecular complexity index is 1060. The Balaban J connectivity index is 2.05. The lowest BCUT2D eigenvalue weighted by atomic mass is 10.0. The molecular weight excluding hydrogens is 366 g/mol. The van der Waals surface area contributed by atoms with Crippen LogP contribution >= 0.6 is 11.6 Å². The molecule has 0 unspecified atom stereocenters. The summed E-state index contributed by atoms with van der Waals surface area (Å²) in [5, 5.41) is 7.45. The van der Waals surface area contributed by atoms with Gasteiger partial charge in [-0.15, -0.1) is 0 Å². The number of aryl methyl sites for hydroxylation is 3. The normalized spacial score (nSPS) is 10.7. The third-order valence-electron chi connectivity index (χ3n) is 3.99. The minimum absolute atomic E-state index is 0.239. The van der Waals surface area contributed by atoms with Gasteiger partial charge >= 0.3 is 0 Å². The predicted molar refractivity (Wildman–Crippen MR) is 103 cm³/mol. The Hall–Kier alpha value is -3.19. The first-order chi connectivity index (χ1) is 12.8. The molecule has 2 heterocycles. The molecule has 0 aliphatic rings. The number of anilines is 1. The zero-order valence-corrected chi connectivity index (χ0v) is 15.8. The summed E-state index contributed by atoms with van der Waals surface area (Å²) in [7, 11) is 0. The topological polar surface area (TPSA) is 103 Å². The van der Waals surface area contributed by atoms with E-state index in [1.165, 1.54) is 4.68 Å². The molecule has 3 rings (SSSR count). The first-order valence-corrected chi connectivity index (χ1v) is 8.55. The first kappa shape index (κ1) is 18.6. The maximum absolute atomic E-state index is 12.9. The smallest absolute Gasteiger partial charge is 0.274 e. The summed E-state index contributed by atoms with van der Waals surface area (Å²) in [4.78, 5) is 29.0. The van der Waals surface area contributed by atoms with Gasteiger partial charge in [-0.25, -0.2) is 9.67 Å². The van der Waals surface area contributed by atoms with E-state index in [0.717, 1.165) is 11.1 Å². The van der Waals surface area contributed by atoms with Crippen LogP contribution in [0.1, 0.15) is 37.7 Å². The number of primary amides is 1. The highest BCUT2D eigenvalue weighted by Crippen LogP contribution is 2.25. The minimum atomic E-state index is -0.616. The van der Waals surface area contributed by atoms with Crippen LogP contribution in [-0.4, -0.2) is 26.6 Å². The Morgan fingerprint density at radius 2 is 1.93 bits per heavy atom. The van der Waals surface area contributed by atoms with Gasteiger partial charge in [-0.1, -0.05) is 17.7 Å². The fourth-order valence-electron chi connectivity index (χ4n) is 2.86. The lowest BCUT2D eigenvalue weighted by Gasteiger charge is -2.14. The number of hydrogen-bond donors (Lipinski definition) is 2. The van der Waals surface area contributed by atoms with Crippen LogP contribution in [0.5, 0.6) is 0 Å². The van der Waals surface area contributed by atoms with Gasteiger partial charge in [0.2, 0.25) is 0 Å². The summed E-state index contributed by atoms with van der Waals surface area (Å²) in [5.74, 6) is -0.727. The Morgan fingerprint density at radius 1 is 1.19 bits per heavy atom. The van der Waals surface area contributed by atoms with Crippen LogP contribution < -0.4 is 11.1 Å². The minimum Gasteiger partial charge on any atom is -0.366 e. The fourth-order valence-corrected chi connectivity index (χ4v) is 3.06. The van der Waals surface area contributed by atoms with Crippen molar-refractivity contribution < 1.29 is 9.59 Å². The number of nitrogens with zero attached hydrogens (tertiary/aromatic N) is 3. The highest BCUT2D eigenvalue weighted by molar-refractivity contribution is 6.32. The lowest BCUT2D eigenvalue weighted by Crippen LogP contribution is -2.22. The maximum atomic E-state index is 12.9. The molecule has 0 saturated heterocycles. The summed E-state index contributed by atoms with van der Waals surface area (Å²) < 4.78 is 1.38. The van der Waals surface area contributed by atoms with Crippen molar-refractivity contribution in [1.82, 2.24) is 14.8 Å². The molecule has 0 fully saturated rings. The standard InChI is InChI=1S/C19H18ClN5O2/c1-10-7-11(2)16(13(8-10)17(21)26)23-19(27)15-9-12(3)24-25(15)18-14(20)5-4-6-22-18/h4-9H,1-3H3,(H2,21,26)(H,23,27). The quantitative estimate of drug-likeness (QED) is 0.721. The van der Waals surface area contributed by atoms with Crippen LogP contribution in [0.15, 0.2) is 36.5 Å². The number of carbonyl (C=O) groups is 2. The molecule has 27 heavy (non-hydrogen) atoms. The second kappa shape index (κ2) is 7.20. The molecular formula is C19H18ClN5O2. The van der Waals surface area contributed by atoms with E-state index in [1.54, 1.807) is 44.3 Å². The van der Waals surface area contributed by atoms with E-state index < -0.39 is 11.8 Å². The monoisotopic (exact) mass is 383 g/mol. The molecule has 0 bridgehead atoms. The highest BCUT2D eigenvalue weighted by atomic mass is 35.5. The Morgan fingerprint density at radius 3 is 2.59 bits per heavy atom. The molecule has 2 aromatic heterocycles. The van der Waals surface area contributed by atoms with Crippen molar-refractivity contribution in [2.45, 2.75) is 20.8 Å². The van der Waals surface area contributed by atoms with Gasteiger partial charge in [0.25, 0.3) is 11.8 Å². The van der Waals surface area contributed by atoms with Crippen LogP contribution in [0, 0.1) is 20.8 Å². The molecule has 0 radical (unpaired) electrons. The number of benzene rings is 1. The first-order valence-electron chi connectivity index (χ1n) is 8.18. The predicted octanol–water partition coefficient (Wildman–Crippen LogP) is 3.20. The Kier molecular flexibility index (Phi) is 4.96. The van der Waals surface area contributed by atoms with E-state index in [1.807, 2.05) is 13.0 Å². The number of rotatable bonds is 4. The molecule has 0 aliphatic carbocycles. The summed E-state index contributed by atoms with van der Waals surface area (Å²) in [6.45, 7) is 5.41. The van der Waals surface area contributed by atoms with Crippen molar-refractivity contribution in [3.63, 3.8) is 0 Å². The van der Waals surface area contributed by atoms with Crippen LogP contribution in [0.4, 0.5) is 5.69 Å². The number of pyridine rings is 1. The van der Waals surface area contributed by atoms with Gasteiger partial charge in [-0.05, 0) is 56.2 Å². The van der Waals surface area contributed by atoms with Crippen molar-refractivity contribution in [2.75, 3.05) is 5.32 Å². The fraction of sp³-hybridized carbons (Fsp3) is 0.158. The number of carbonyl (C=O) groups excluding carboxylic acids is 2. The summed E-state index contributed by atoms with van der Waals surface area (Å²) in [5.41, 5.74) is 8.57. The van der Waals surface area contributed by atoms with Crippen molar-refractivity contribution >= 4 is 29.1 Å². The molecule has 7 nitrogen and oxygen atoms in total. The number of aromatic nitrogens is 3. The SMILES string of the molecule is Cc1cc(C)c(NC(=O)c2cc(C)nn2-c2ncccc2Cl)c(C(N)=O)c1. The van der Waals surface area contributed by atoms with Gasteiger partial charge in [0, 0.05) is 6.20 Å². The van der Waals surface area contributed by atoms with Gasteiger partial charge in [-0.3, -0.25) is 9.59 Å². The molecule has 0 atom stereocenters. The number of halogens is 1. The van der Waals surface area contributed by atoms with E-state index in [-0.39, 0.29) is 11.3 Å². The maximum Gasteiger partial charge on any atom is 0.274 e. The van der Waals surface area contributed by atoms with Gasteiger partial charge in [0.05, 0.1) is 22.0 Å².